The number of Topliss-reactive ketones (excluding diaryl/α,β-unsaturated/α-hetero) is 1. The zero-order chi connectivity index (χ0) is 15.4. The topological polar surface area (TPSA) is 66.8 Å². The van der Waals surface area contributed by atoms with Crippen LogP contribution in [0.4, 0.5) is 0 Å². The minimum atomic E-state index is -0.580. The van der Waals surface area contributed by atoms with Crippen LogP contribution < -0.4 is 4.74 Å². The number of carbonyl (C=O) groups is 2. The first-order valence-corrected chi connectivity index (χ1v) is 7.22. The number of carbonyl (C=O) groups excluding carboxylic acids is 2. The van der Waals surface area contributed by atoms with Gasteiger partial charge in [-0.3, -0.25) is 9.59 Å². The molecule has 5 heteroatoms. The van der Waals surface area contributed by atoms with Gasteiger partial charge in [-0.15, -0.1) is 0 Å². The largest absolute Gasteiger partial charge is 0.508 e. The number of likely N-dealkylation sites (tertiary alicyclic amines) is 1. The molecule has 1 unspecified atom stereocenters. The van der Waals surface area contributed by atoms with Crippen LogP contribution in [0.5, 0.6) is 11.5 Å². The van der Waals surface area contributed by atoms with Gasteiger partial charge < -0.3 is 14.7 Å². The lowest BCUT2D eigenvalue weighted by Gasteiger charge is -2.32. The fourth-order valence-corrected chi connectivity index (χ4v) is 2.54. The number of phenolic OH excluding ortho intramolecular Hbond substituents is 1. The molecule has 0 bridgehead atoms. The Morgan fingerprint density at radius 1 is 1.24 bits per heavy atom. The summed E-state index contributed by atoms with van der Waals surface area (Å²) in [6.07, 6.45) is 0.878. The quantitative estimate of drug-likeness (QED) is 0.921. The lowest BCUT2D eigenvalue weighted by molar-refractivity contribution is -0.140. The maximum atomic E-state index is 12.3. The fourth-order valence-electron chi connectivity index (χ4n) is 2.54. The van der Waals surface area contributed by atoms with Crippen LogP contribution in [-0.4, -0.2) is 40.9 Å². The van der Waals surface area contributed by atoms with Gasteiger partial charge in [-0.1, -0.05) is 0 Å². The minimum Gasteiger partial charge on any atom is -0.508 e. The predicted octanol–water partition coefficient (Wildman–Crippen LogP) is 1.99. The number of phenols is 1. The molecule has 2 rings (SSSR count). The molecule has 1 atom stereocenters. The van der Waals surface area contributed by atoms with Gasteiger partial charge >= 0.3 is 0 Å². The van der Waals surface area contributed by atoms with Gasteiger partial charge in [0.05, 0.1) is 0 Å². The van der Waals surface area contributed by atoms with Gasteiger partial charge in [-0.05, 0) is 51.0 Å². The van der Waals surface area contributed by atoms with Gasteiger partial charge in [0.15, 0.2) is 6.10 Å². The van der Waals surface area contributed by atoms with E-state index in [1.165, 1.54) is 12.1 Å². The lowest BCUT2D eigenvalue weighted by Crippen LogP contribution is -2.45. The highest BCUT2D eigenvalue weighted by Gasteiger charge is 2.28. The molecule has 0 radical (unpaired) electrons. The van der Waals surface area contributed by atoms with Crippen LogP contribution in [0.1, 0.15) is 26.7 Å². The van der Waals surface area contributed by atoms with E-state index < -0.39 is 6.10 Å². The molecule has 0 saturated carbocycles. The molecule has 1 fully saturated rings. The molecular weight excluding hydrogens is 270 g/mol. The number of aromatic hydroxyl groups is 1. The van der Waals surface area contributed by atoms with Crippen LogP contribution in [0.3, 0.4) is 0 Å². The second-order valence-electron chi connectivity index (χ2n) is 5.46. The number of hydrogen-bond acceptors (Lipinski definition) is 4. The SMILES string of the molecule is CC(=O)C1CCN(C(=O)C(C)Oc2ccc(O)cc2)CC1. The molecule has 1 aliphatic heterocycles. The number of rotatable bonds is 4. The van der Waals surface area contributed by atoms with E-state index in [1.807, 2.05) is 0 Å². The van der Waals surface area contributed by atoms with E-state index in [4.69, 9.17) is 4.74 Å². The van der Waals surface area contributed by atoms with E-state index in [1.54, 1.807) is 30.9 Å². The van der Waals surface area contributed by atoms with E-state index in [9.17, 15) is 14.7 Å². The molecule has 114 valence electrons. The van der Waals surface area contributed by atoms with Crippen LogP contribution in [0.15, 0.2) is 24.3 Å². The number of amides is 1. The minimum absolute atomic E-state index is 0.0647. The Kier molecular flexibility index (Phi) is 4.83. The third kappa shape index (κ3) is 3.97. The summed E-state index contributed by atoms with van der Waals surface area (Å²) in [5, 5.41) is 9.22. The number of nitrogens with zero attached hydrogens (tertiary/aromatic N) is 1. The van der Waals surface area contributed by atoms with Crippen molar-refractivity contribution in [1.29, 1.82) is 0 Å². The summed E-state index contributed by atoms with van der Waals surface area (Å²) < 4.78 is 5.59. The highest BCUT2D eigenvalue weighted by molar-refractivity contribution is 5.82. The first-order chi connectivity index (χ1) is 9.97. The van der Waals surface area contributed by atoms with E-state index in [0.717, 1.165) is 12.8 Å². The Balaban J connectivity index is 1.88. The standard InChI is InChI=1S/C16H21NO4/c1-11(18)13-7-9-17(10-8-13)16(20)12(2)21-15-5-3-14(19)4-6-15/h3-6,12-13,19H,7-10H2,1-2H3. The Hall–Kier alpha value is -2.04. The van der Waals surface area contributed by atoms with Gasteiger partial charge in [0, 0.05) is 19.0 Å². The maximum Gasteiger partial charge on any atom is 0.263 e. The molecule has 21 heavy (non-hydrogen) atoms. The average Bonchev–Trinajstić information content (AvgIpc) is 2.49. The van der Waals surface area contributed by atoms with Gasteiger partial charge in [0.25, 0.3) is 5.91 Å². The predicted molar refractivity (Wildman–Crippen MR) is 78.2 cm³/mol. The van der Waals surface area contributed by atoms with E-state index in [0.29, 0.717) is 18.8 Å². The molecule has 1 aromatic rings. The number of ketones is 1. The lowest BCUT2D eigenvalue weighted by atomic mass is 9.93. The first-order valence-electron chi connectivity index (χ1n) is 7.22. The van der Waals surface area contributed by atoms with Crippen LogP contribution >= 0.6 is 0 Å². The Morgan fingerprint density at radius 3 is 2.33 bits per heavy atom. The Morgan fingerprint density at radius 2 is 1.81 bits per heavy atom. The van der Waals surface area contributed by atoms with Crippen LogP contribution in [-0.2, 0) is 9.59 Å². The molecule has 5 nitrogen and oxygen atoms in total. The van der Waals surface area contributed by atoms with Crippen LogP contribution in [0, 0.1) is 5.92 Å². The molecule has 1 heterocycles. The normalized spacial score (nSPS) is 17.3. The summed E-state index contributed by atoms with van der Waals surface area (Å²) in [5.74, 6) is 0.933. The molecular formula is C16H21NO4. The van der Waals surface area contributed by atoms with Crippen molar-refractivity contribution in [1.82, 2.24) is 4.90 Å². The second-order valence-corrected chi connectivity index (χ2v) is 5.46. The number of hydrogen-bond donors (Lipinski definition) is 1. The summed E-state index contributed by atoms with van der Waals surface area (Å²) in [5.41, 5.74) is 0. The van der Waals surface area contributed by atoms with Gasteiger partial charge in [-0.25, -0.2) is 0 Å². The summed E-state index contributed by atoms with van der Waals surface area (Å²) >= 11 is 0. The van der Waals surface area contributed by atoms with Crippen molar-refractivity contribution >= 4 is 11.7 Å². The number of piperidine rings is 1. The first kappa shape index (κ1) is 15.4. The fraction of sp³-hybridized carbons (Fsp3) is 0.500. The van der Waals surface area contributed by atoms with Gasteiger partial charge in [-0.2, -0.15) is 0 Å². The Bertz CT molecular complexity index is 504. The van der Waals surface area contributed by atoms with E-state index >= 15 is 0 Å². The highest BCUT2D eigenvalue weighted by Crippen LogP contribution is 2.21. The molecule has 1 amide bonds. The van der Waals surface area contributed by atoms with Gasteiger partial charge in [0.2, 0.25) is 0 Å². The molecule has 1 N–H and O–H groups in total. The monoisotopic (exact) mass is 291 g/mol. The van der Waals surface area contributed by atoms with Crippen LogP contribution in [0.2, 0.25) is 0 Å². The summed E-state index contributed by atoms with van der Waals surface area (Å²) in [6, 6.07) is 6.29. The smallest absolute Gasteiger partial charge is 0.263 e. The summed E-state index contributed by atoms with van der Waals surface area (Å²) in [4.78, 5) is 25.4. The van der Waals surface area contributed by atoms with Gasteiger partial charge in [0.1, 0.15) is 17.3 Å². The van der Waals surface area contributed by atoms with Crippen LogP contribution in [0.25, 0.3) is 0 Å². The molecule has 0 spiro atoms. The Labute approximate surface area is 124 Å². The molecule has 1 saturated heterocycles. The van der Waals surface area contributed by atoms with Crippen molar-refractivity contribution in [3.05, 3.63) is 24.3 Å². The van der Waals surface area contributed by atoms with Crippen molar-refractivity contribution < 1.29 is 19.4 Å². The number of ether oxygens (including phenoxy) is 1. The zero-order valence-electron chi connectivity index (χ0n) is 12.4. The maximum absolute atomic E-state index is 12.3. The molecule has 1 aliphatic rings. The zero-order valence-corrected chi connectivity index (χ0v) is 12.4. The molecule has 0 aliphatic carbocycles. The molecule has 1 aromatic carbocycles. The van der Waals surface area contributed by atoms with Crippen molar-refractivity contribution in [2.24, 2.45) is 5.92 Å². The average molecular weight is 291 g/mol. The van der Waals surface area contributed by atoms with Crippen molar-refractivity contribution in [3.63, 3.8) is 0 Å². The highest BCUT2D eigenvalue weighted by atomic mass is 16.5. The van der Waals surface area contributed by atoms with E-state index in [2.05, 4.69) is 0 Å². The van der Waals surface area contributed by atoms with E-state index in [-0.39, 0.29) is 23.4 Å². The second kappa shape index (κ2) is 6.61. The third-order valence-electron chi connectivity index (χ3n) is 3.88. The number of benzene rings is 1. The van der Waals surface area contributed by atoms with Crippen molar-refractivity contribution in [3.8, 4) is 11.5 Å². The van der Waals surface area contributed by atoms with Crippen molar-refractivity contribution in [2.45, 2.75) is 32.8 Å². The molecule has 0 aromatic heterocycles. The summed E-state index contributed by atoms with van der Waals surface area (Å²) in [6.45, 7) is 4.53. The summed E-state index contributed by atoms with van der Waals surface area (Å²) in [7, 11) is 0. The van der Waals surface area contributed by atoms with Crippen molar-refractivity contribution in [2.75, 3.05) is 13.1 Å². The third-order valence-corrected chi connectivity index (χ3v) is 3.88.